The number of aromatic nitrogens is 1. The molecule has 0 atom stereocenters. The van der Waals surface area contributed by atoms with Crippen molar-refractivity contribution < 1.29 is 14.3 Å². The minimum Gasteiger partial charge on any atom is -0.494 e. The lowest BCUT2D eigenvalue weighted by molar-refractivity contribution is 0.0943. The van der Waals surface area contributed by atoms with Gasteiger partial charge in [0.1, 0.15) is 17.0 Å². The van der Waals surface area contributed by atoms with Gasteiger partial charge in [-0.15, -0.1) is 0 Å². The second-order valence-electron chi connectivity index (χ2n) is 5.99. The molecule has 1 aromatic carbocycles. The average molecular weight is 410 g/mol. The number of pyridine rings is 1. The number of rotatable bonds is 2. The Morgan fingerprint density at radius 3 is 2.92 bits per heavy atom. The van der Waals surface area contributed by atoms with E-state index in [0.717, 1.165) is 12.8 Å². The molecular formula is C17H14BrClN2O3. The molecule has 0 N–H and O–H groups in total. The molecule has 1 aliphatic heterocycles. The summed E-state index contributed by atoms with van der Waals surface area (Å²) in [6.45, 7) is 0.520. The molecule has 0 bridgehead atoms. The normalized spacial score (nSPS) is 17.2. The third kappa shape index (κ3) is 2.54. The van der Waals surface area contributed by atoms with Gasteiger partial charge in [-0.2, -0.15) is 0 Å². The van der Waals surface area contributed by atoms with Crippen LogP contribution < -0.4 is 14.4 Å². The number of anilines is 1. The number of carbonyl (C=O) groups is 1. The van der Waals surface area contributed by atoms with Gasteiger partial charge < -0.3 is 9.47 Å². The average Bonchev–Trinajstić information content (AvgIpc) is 3.31. The molecule has 0 unspecified atom stereocenters. The molecule has 7 heteroatoms. The third-order valence-electron chi connectivity index (χ3n) is 4.33. The number of benzene rings is 1. The van der Waals surface area contributed by atoms with E-state index in [1.807, 2.05) is 0 Å². The van der Waals surface area contributed by atoms with Crippen molar-refractivity contribution in [3.05, 3.63) is 45.7 Å². The summed E-state index contributed by atoms with van der Waals surface area (Å²) < 4.78 is 11.9. The van der Waals surface area contributed by atoms with E-state index >= 15 is 0 Å². The number of ether oxygens (including phenoxy) is 2. The van der Waals surface area contributed by atoms with Gasteiger partial charge in [-0.05, 0) is 40.9 Å². The summed E-state index contributed by atoms with van der Waals surface area (Å²) in [5.74, 6) is 1.07. The molecule has 4 rings (SSSR count). The zero-order valence-corrected chi connectivity index (χ0v) is 15.2. The Balaban J connectivity index is 1.75. The van der Waals surface area contributed by atoms with Crippen LogP contribution in [0.2, 0.25) is 5.02 Å². The lowest BCUT2D eigenvalue weighted by Gasteiger charge is -2.35. The molecule has 2 aromatic rings. The first-order valence-electron chi connectivity index (χ1n) is 7.51. The number of fused-ring (bicyclic) bond motifs is 1. The summed E-state index contributed by atoms with van der Waals surface area (Å²) in [6.07, 6.45) is 5.23. The van der Waals surface area contributed by atoms with Crippen molar-refractivity contribution in [3.63, 3.8) is 0 Å². The Kier molecular flexibility index (Phi) is 3.69. The van der Waals surface area contributed by atoms with E-state index in [0.29, 0.717) is 38.8 Å². The fourth-order valence-electron chi connectivity index (χ4n) is 2.92. The lowest BCUT2D eigenvalue weighted by Crippen LogP contribution is -2.45. The number of amides is 1. The van der Waals surface area contributed by atoms with Gasteiger partial charge in [0.25, 0.3) is 5.91 Å². The van der Waals surface area contributed by atoms with E-state index in [4.69, 9.17) is 21.1 Å². The SMILES string of the molecule is COc1c(Cl)cc(C(=O)N2CC3(CC3)Oc3ccncc32)cc1Br. The molecule has 2 aliphatic rings. The standard InChI is InChI=1S/C17H14BrClN2O3/c1-23-15-11(18)6-10(7-12(15)19)16(22)21-9-17(3-4-17)24-14-2-5-20-8-13(14)21/h2,5-8H,3-4,9H2,1H3. The fraction of sp³-hybridized carbons (Fsp3) is 0.294. The van der Waals surface area contributed by atoms with E-state index in [1.165, 1.54) is 7.11 Å². The van der Waals surface area contributed by atoms with E-state index in [9.17, 15) is 4.79 Å². The topological polar surface area (TPSA) is 51.7 Å². The van der Waals surface area contributed by atoms with Crippen LogP contribution in [0.4, 0.5) is 5.69 Å². The Morgan fingerprint density at radius 2 is 2.25 bits per heavy atom. The van der Waals surface area contributed by atoms with Crippen molar-refractivity contribution in [1.82, 2.24) is 4.98 Å². The van der Waals surface area contributed by atoms with Crippen molar-refractivity contribution >= 4 is 39.1 Å². The fourth-order valence-corrected chi connectivity index (χ4v) is 3.95. The number of carbonyl (C=O) groups excluding carboxylic acids is 1. The highest BCUT2D eigenvalue weighted by molar-refractivity contribution is 9.10. The maximum Gasteiger partial charge on any atom is 0.258 e. The molecule has 5 nitrogen and oxygen atoms in total. The smallest absolute Gasteiger partial charge is 0.258 e. The predicted molar refractivity (Wildman–Crippen MR) is 94.2 cm³/mol. The monoisotopic (exact) mass is 408 g/mol. The maximum absolute atomic E-state index is 13.1. The summed E-state index contributed by atoms with van der Waals surface area (Å²) in [5.41, 5.74) is 0.917. The van der Waals surface area contributed by atoms with E-state index in [-0.39, 0.29) is 11.5 Å². The number of nitrogens with zero attached hydrogens (tertiary/aromatic N) is 2. The van der Waals surface area contributed by atoms with Crippen LogP contribution in [-0.2, 0) is 0 Å². The van der Waals surface area contributed by atoms with Gasteiger partial charge in [0.15, 0.2) is 5.75 Å². The van der Waals surface area contributed by atoms with Gasteiger partial charge in [-0.3, -0.25) is 14.7 Å². The molecule has 1 fully saturated rings. The van der Waals surface area contributed by atoms with Crippen LogP contribution in [0.3, 0.4) is 0 Å². The van der Waals surface area contributed by atoms with Crippen LogP contribution >= 0.6 is 27.5 Å². The predicted octanol–water partition coefficient (Wildman–Crippen LogP) is 4.08. The molecule has 2 heterocycles. The van der Waals surface area contributed by atoms with Crippen molar-refractivity contribution in [2.24, 2.45) is 0 Å². The van der Waals surface area contributed by atoms with Crippen molar-refractivity contribution in [2.75, 3.05) is 18.6 Å². The Bertz CT molecular complexity index is 815. The molecule has 1 aromatic heterocycles. The highest BCUT2D eigenvalue weighted by atomic mass is 79.9. The van der Waals surface area contributed by atoms with E-state index < -0.39 is 0 Å². The number of hydrogen-bond acceptors (Lipinski definition) is 4. The quantitative estimate of drug-likeness (QED) is 0.750. The van der Waals surface area contributed by atoms with Crippen molar-refractivity contribution in [3.8, 4) is 11.5 Å². The number of methoxy groups -OCH3 is 1. The molecule has 1 saturated carbocycles. The second-order valence-corrected chi connectivity index (χ2v) is 7.25. The molecule has 1 aliphatic carbocycles. The number of halogens is 2. The minimum atomic E-state index is -0.252. The molecule has 1 spiro atoms. The van der Waals surface area contributed by atoms with Crippen LogP contribution in [-0.4, -0.2) is 30.1 Å². The van der Waals surface area contributed by atoms with Gasteiger partial charge in [-0.1, -0.05) is 11.6 Å². The summed E-state index contributed by atoms with van der Waals surface area (Å²) >= 11 is 9.62. The van der Waals surface area contributed by atoms with Crippen molar-refractivity contribution in [2.45, 2.75) is 18.4 Å². The molecule has 0 radical (unpaired) electrons. The van der Waals surface area contributed by atoms with Gasteiger partial charge in [0.2, 0.25) is 0 Å². The van der Waals surface area contributed by atoms with Crippen LogP contribution in [0.5, 0.6) is 11.5 Å². The lowest BCUT2D eigenvalue weighted by atomic mass is 10.1. The van der Waals surface area contributed by atoms with E-state index in [1.54, 1.807) is 35.5 Å². The third-order valence-corrected chi connectivity index (χ3v) is 5.20. The van der Waals surface area contributed by atoms with Gasteiger partial charge in [-0.25, -0.2) is 0 Å². The largest absolute Gasteiger partial charge is 0.494 e. The highest BCUT2D eigenvalue weighted by Gasteiger charge is 2.51. The molecule has 24 heavy (non-hydrogen) atoms. The maximum atomic E-state index is 13.1. The minimum absolute atomic E-state index is 0.135. The zero-order valence-electron chi connectivity index (χ0n) is 12.9. The van der Waals surface area contributed by atoms with Crippen molar-refractivity contribution in [1.29, 1.82) is 0 Å². The summed E-state index contributed by atoms with van der Waals surface area (Å²) in [6, 6.07) is 5.14. The molecular weight excluding hydrogens is 396 g/mol. The van der Waals surface area contributed by atoms with Gasteiger partial charge in [0, 0.05) is 17.8 Å². The Hall–Kier alpha value is -1.79. The Labute approximate surface area is 152 Å². The highest BCUT2D eigenvalue weighted by Crippen LogP contribution is 2.48. The van der Waals surface area contributed by atoms with Crippen LogP contribution in [0, 0.1) is 0 Å². The van der Waals surface area contributed by atoms with Gasteiger partial charge in [0.05, 0.1) is 29.3 Å². The zero-order chi connectivity index (χ0) is 16.9. The van der Waals surface area contributed by atoms with Crippen LogP contribution in [0.15, 0.2) is 35.1 Å². The first kappa shape index (κ1) is 15.7. The second kappa shape index (κ2) is 5.63. The Morgan fingerprint density at radius 1 is 1.46 bits per heavy atom. The summed E-state index contributed by atoms with van der Waals surface area (Å²) in [5, 5.41) is 0.385. The van der Waals surface area contributed by atoms with Gasteiger partial charge >= 0.3 is 0 Å². The summed E-state index contributed by atoms with van der Waals surface area (Å²) in [7, 11) is 1.54. The number of hydrogen-bond donors (Lipinski definition) is 0. The molecule has 1 amide bonds. The van der Waals surface area contributed by atoms with Crippen LogP contribution in [0.1, 0.15) is 23.2 Å². The van der Waals surface area contributed by atoms with E-state index in [2.05, 4.69) is 20.9 Å². The molecule has 0 saturated heterocycles. The first-order valence-corrected chi connectivity index (χ1v) is 8.68. The summed E-state index contributed by atoms with van der Waals surface area (Å²) in [4.78, 5) is 19.0. The molecule has 124 valence electrons. The first-order chi connectivity index (χ1) is 11.5. The van der Waals surface area contributed by atoms with Crippen LogP contribution in [0.25, 0.3) is 0 Å².